The van der Waals surface area contributed by atoms with Gasteiger partial charge in [-0.15, -0.1) is 0 Å². The highest BCUT2D eigenvalue weighted by Gasteiger charge is 2.19. The van der Waals surface area contributed by atoms with Gasteiger partial charge in [0.25, 0.3) is 0 Å². The van der Waals surface area contributed by atoms with Crippen LogP contribution in [0.15, 0.2) is 18.2 Å². The van der Waals surface area contributed by atoms with Crippen molar-refractivity contribution in [1.82, 2.24) is 0 Å². The van der Waals surface area contributed by atoms with E-state index in [1.54, 1.807) is 25.1 Å². The normalized spacial score (nSPS) is 19.0. The molecular formula is C16H23ClO3. The summed E-state index contributed by atoms with van der Waals surface area (Å²) in [4.78, 5) is 0. The van der Waals surface area contributed by atoms with Gasteiger partial charge in [0.05, 0.1) is 12.2 Å². The average molecular weight is 299 g/mol. The molecule has 1 aliphatic rings. The number of aliphatic hydroxyl groups is 2. The van der Waals surface area contributed by atoms with Gasteiger partial charge in [-0.3, -0.25) is 0 Å². The second-order valence-corrected chi connectivity index (χ2v) is 6.15. The number of benzene rings is 1. The number of ether oxygens (including phenoxy) is 1. The monoisotopic (exact) mass is 298 g/mol. The molecule has 1 saturated carbocycles. The second-order valence-electron chi connectivity index (χ2n) is 5.71. The first-order valence-electron chi connectivity index (χ1n) is 7.34. The minimum absolute atomic E-state index is 0.262. The van der Waals surface area contributed by atoms with Gasteiger partial charge in [-0.1, -0.05) is 37.3 Å². The van der Waals surface area contributed by atoms with E-state index in [1.165, 1.54) is 25.7 Å². The van der Waals surface area contributed by atoms with Crippen LogP contribution in [0.4, 0.5) is 0 Å². The van der Waals surface area contributed by atoms with Crippen LogP contribution in [0, 0.1) is 5.92 Å². The Morgan fingerprint density at radius 1 is 1.30 bits per heavy atom. The molecule has 1 aromatic carbocycles. The van der Waals surface area contributed by atoms with Crippen molar-refractivity contribution in [1.29, 1.82) is 0 Å². The molecule has 2 unspecified atom stereocenters. The Balaban J connectivity index is 1.89. The third-order valence-corrected chi connectivity index (χ3v) is 4.17. The van der Waals surface area contributed by atoms with Crippen LogP contribution in [0.25, 0.3) is 0 Å². The summed E-state index contributed by atoms with van der Waals surface area (Å²) in [6.07, 6.45) is 4.71. The number of aliphatic hydroxyl groups excluding tert-OH is 2. The summed E-state index contributed by atoms with van der Waals surface area (Å²) in [6.45, 7) is 1.94. The standard InChI is InChI=1S/C16H23ClO3/c1-11(18)15-9-13(17)6-7-16(15)20-10-14(19)8-12-4-2-3-5-12/h6-7,9,11-12,14,18-19H,2-5,8,10H2,1H3. The molecule has 4 heteroatoms. The van der Waals surface area contributed by atoms with E-state index in [-0.39, 0.29) is 6.61 Å². The highest BCUT2D eigenvalue weighted by atomic mass is 35.5. The SMILES string of the molecule is CC(O)c1cc(Cl)ccc1OCC(O)CC1CCCC1. The molecule has 2 N–H and O–H groups in total. The molecule has 20 heavy (non-hydrogen) atoms. The molecule has 0 aromatic heterocycles. The van der Waals surface area contributed by atoms with Crippen LogP contribution in [0.1, 0.15) is 50.7 Å². The lowest BCUT2D eigenvalue weighted by atomic mass is 10.0. The van der Waals surface area contributed by atoms with Gasteiger partial charge in [0.1, 0.15) is 12.4 Å². The van der Waals surface area contributed by atoms with Gasteiger partial charge >= 0.3 is 0 Å². The Hall–Kier alpha value is -0.770. The fourth-order valence-electron chi connectivity index (χ4n) is 2.86. The van der Waals surface area contributed by atoms with Crippen LogP contribution in [0.3, 0.4) is 0 Å². The van der Waals surface area contributed by atoms with Crippen molar-refractivity contribution < 1.29 is 14.9 Å². The summed E-state index contributed by atoms with van der Waals surface area (Å²) >= 11 is 5.92. The molecule has 112 valence electrons. The first kappa shape index (κ1) is 15.6. The minimum Gasteiger partial charge on any atom is -0.491 e. The molecule has 1 fully saturated rings. The summed E-state index contributed by atoms with van der Waals surface area (Å²) in [5.41, 5.74) is 0.658. The maximum Gasteiger partial charge on any atom is 0.125 e. The van der Waals surface area contributed by atoms with Crippen LogP contribution >= 0.6 is 11.6 Å². The van der Waals surface area contributed by atoms with Crippen molar-refractivity contribution in [3.8, 4) is 5.75 Å². The molecule has 0 spiro atoms. The zero-order valence-corrected chi connectivity index (χ0v) is 12.6. The minimum atomic E-state index is -0.643. The molecule has 2 rings (SSSR count). The van der Waals surface area contributed by atoms with Crippen LogP contribution in [-0.4, -0.2) is 22.9 Å². The maximum absolute atomic E-state index is 10.0. The van der Waals surface area contributed by atoms with Gasteiger partial charge in [0, 0.05) is 10.6 Å². The summed E-state index contributed by atoms with van der Waals surface area (Å²) in [6, 6.07) is 5.17. The molecule has 0 saturated heterocycles. The Morgan fingerprint density at radius 2 is 2.00 bits per heavy atom. The van der Waals surface area contributed by atoms with E-state index < -0.39 is 12.2 Å². The maximum atomic E-state index is 10.0. The van der Waals surface area contributed by atoms with Crippen molar-refractivity contribution in [2.45, 2.75) is 51.2 Å². The zero-order valence-electron chi connectivity index (χ0n) is 11.9. The van der Waals surface area contributed by atoms with Crippen molar-refractivity contribution in [2.24, 2.45) is 5.92 Å². The van der Waals surface area contributed by atoms with E-state index in [0.717, 1.165) is 6.42 Å². The highest BCUT2D eigenvalue weighted by Crippen LogP contribution is 2.30. The Bertz CT molecular complexity index is 428. The predicted octanol–water partition coefficient (Wildman–Crippen LogP) is 3.71. The first-order chi connectivity index (χ1) is 9.56. The van der Waals surface area contributed by atoms with E-state index in [9.17, 15) is 10.2 Å². The fourth-order valence-corrected chi connectivity index (χ4v) is 3.04. The Labute approximate surface area is 125 Å². The molecule has 2 atom stereocenters. The molecule has 0 aliphatic heterocycles. The average Bonchev–Trinajstić information content (AvgIpc) is 2.90. The van der Waals surface area contributed by atoms with Gasteiger partial charge in [-0.05, 0) is 37.5 Å². The quantitative estimate of drug-likeness (QED) is 0.841. The second kappa shape index (κ2) is 7.30. The fraction of sp³-hybridized carbons (Fsp3) is 0.625. The molecule has 0 bridgehead atoms. The predicted molar refractivity (Wildman–Crippen MR) is 80.2 cm³/mol. The molecule has 0 heterocycles. The number of hydrogen-bond acceptors (Lipinski definition) is 3. The molecule has 3 nitrogen and oxygen atoms in total. The zero-order chi connectivity index (χ0) is 14.5. The van der Waals surface area contributed by atoms with Gasteiger partial charge in [-0.2, -0.15) is 0 Å². The van der Waals surface area contributed by atoms with E-state index in [4.69, 9.17) is 16.3 Å². The molecular weight excluding hydrogens is 276 g/mol. The Morgan fingerprint density at radius 3 is 2.65 bits per heavy atom. The van der Waals surface area contributed by atoms with E-state index in [1.807, 2.05) is 0 Å². The van der Waals surface area contributed by atoms with Gasteiger partial charge in [-0.25, -0.2) is 0 Å². The van der Waals surface area contributed by atoms with E-state index in [2.05, 4.69) is 0 Å². The van der Waals surface area contributed by atoms with E-state index in [0.29, 0.717) is 22.3 Å². The van der Waals surface area contributed by atoms with Crippen LogP contribution in [0.5, 0.6) is 5.75 Å². The summed E-state index contributed by atoms with van der Waals surface area (Å²) in [7, 11) is 0. The third-order valence-electron chi connectivity index (χ3n) is 3.93. The molecule has 1 aliphatic carbocycles. The van der Waals surface area contributed by atoms with Crippen molar-refractivity contribution in [2.75, 3.05) is 6.61 Å². The molecule has 0 radical (unpaired) electrons. The molecule has 1 aromatic rings. The van der Waals surface area contributed by atoms with Crippen molar-refractivity contribution in [3.63, 3.8) is 0 Å². The number of rotatable bonds is 6. The van der Waals surface area contributed by atoms with Crippen LogP contribution in [-0.2, 0) is 0 Å². The highest BCUT2D eigenvalue weighted by molar-refractivity contribution is 6.30. The lowest BCUT2D eigenvalue weighted by Gasteiger charge is -2.18. The topological polar surface area (TPSA) is 49.7 Å². The largest absolute Gasteiger partial charge is 0.491 e. The van der Waals surface area contributed by atoms with Gasteiger partial charge in [0.15, 0.2) is 0 Å². The Kier molecular flexibility index (Phi) is 5.70. The lowest BCUT2D eigenvalue weighted by molar-refractivity contribution is 0.0832. The summed E-state index contributed by atoms with van der Waals surface area (Å²) in [5.74, 6) is 1.23. The summed E-state index contributed by atoms with van der Waals surface area (Å²) < 4.78 is 5.66. The first-order valence-corrected chi connectivity index (χ1v) is 7.72. The van der Waals surface area contributed by atoms with Crippen molar-refractivity contribution >= 4 is 11.6 Å². The lowest BCUT2D eigenvalue weighted by Crippen LogP contribution is -2.21. The van der Waals surface area contributed by atoms with E-state index >= 15 is 0 Å². The number of halogens is 1. The summed E-state index contributed by atoms with van der Waals surface area (Å²) in [5, 5.41) is 20.3. The van der Waals surface area contributed by atoms with Crippen molar-refractivity contribution in [3.05, 3.63) is 28.8 Å². The smallest absolute Gasteiger partial charge is 0.125 e. The molecule has 0 amide bonds. The van der Waals surface area contributed by atoms with Crippen LogP contribution in [0.2, 0.25) is 5.02 Å². The van der Waals surface area contributed by atoms with Gasteiger partial charge in [0.2, 0.25) is 0 Å². The number of hydrogen-bond donors (Lipinski definition) is 2. The van der Waals surface area contributed by atoms with Crippen LogP contribution < -0.4 is 4.74 Å². The van der Waals surface area contributed by atoms with Gasteiger partial charge < -0.3 is 14.9 Å². The third kappa shape index (κ3) is 4.37.